The van der Waals surface area contributed by atoms with Crippen LogP contribution in [0, 0.1) is 6.92 Å². The van der Waals surface area contributed by atoms with Crippen molar-refractivity contribution in [2.45, 2.75) is 6.92 Å². The highest BCUT2D eigenvalue weighted by Gasteiger charge is 2.06. The highest BCUT2D eigenvalue weighted by atomic mass is 14.7. The van der Waals surface area contributed by atoms with Crippen LogP contribution in [-0.2, 0) is 0 Å². The van der Waals surface area contributed by atoms with Gasteiger partial charge < -0.3 is 0 Å². The second-order valence-electron chi connectivity index (χ2n) is 5.82. The van der Waals surface area contributed by atoms with Crippen LogP contribution in [0.4, 0.5) is 0 Å². The van der Waals surface area contributed by atoms with Gasteiger partial charge in [-0.15, -0.1) is 0 Å². The predicted molar refractivity (Wildman–Crippen MR) is 97.4 cm³/mol. The van der Waals surface area contributed by atoms with Gasteiger partial charge in [0.25, 0.3) is 0 Å². The summed E-state index contributed by atoms with van der Waals surface area (Å²) in [7, 11) is 0. The molecule has 0 fully saturated rings. The van der Waals surface area contributed by atoms with Crippen molar-refractivity contribution >= 4 is 10.8 Å². The molecule has 0 saturated carbocycles. The second kappa shape index (κ2) is 5.69. The minimum atomic E-state index is 1.01. The number of hydrogen-bond acceptors (Lipinski definition) is 1. The van der Waals surface area contributed by atoms with Crippen molar-refractivity contribution in [2.24, 2.45) is 0 Å². The molecule has 23 heavy (non-hydrogen) atoms. The number of aromatic nitrogens is 1. The maximum Gasteiger partial charge on any atom is 0.0714 e. The highest BCUT2D eigenvalue weighted by molar-refractivity contribution is 5.96. The van der Waals surface area contributed by atoms with E-state index >= 15 is 0 Å². The topological polar surface area (TPSA) is 12.9 Å². The Bertz CT molecular complexity index is 963. The quantitative estimate of drug-likeness (QED) is 0.450. The number of aryl methyl sites for hydroxylation is 1. The molecule has 0 spiro atoms. The summed E-state index contributed by atoms with van der Waals surface area (Å²) in [5.41, 5.74) is 5.89. The Hall–Kier alpha value is -2.93. The molecule has 0 amide bonds. The largest absolute Gasteiger partial charge is 0.256 e. The van der Waals surface area contributed by atoms with Crippen LogP contribution in [0.1, 0.15) is 5.56 Å². The zero-order valence-electron chi connectivity index (χ0n) is 13.0. The van der Waals surface area contributed by atoms with Crippen molar-refractivity contribution in [1.82, 2.24) is 4.98 Å². The van der Waals surface area contributed by atoms with Crippen LogP contribution in [0.2, 0.25) is 0 Å². The van der Waals surface area contributed by atoms with E-state index in [-0.39, 0.29) is 0 Å². The average Bonchev–Trinajstić information content (AvgIpc) is 2.62. The SMILES string of the molecule is Cc1ccc(-c2ccnc(-c3cccc4ccccc34)c2)cc1. The van der Waals surface area contributed by atoms with E-state index in [1.54, 1.807) is 0 Å². The number of benzene rings is 3. The van der Waals surface area contributed by atoms with Gasteiger partial charge in [0.05, 0.1) is 5.69 Å². The maximum atomic E-state index is 4.60. The average molecular weight is 295 g/mol. The fraction of sp³-hybridized carbons (Fsp3) is 0.0455. The Morgan fingerprint density at radius 2 is 1.48 bits per heavy atom. The summed E-state index contributed by atoms with van der Waals surface area (Å²) in [4.78, 5) is 4.60. The van der Waals surface area contributed by atoms with E-state index in [1.807, 2.05) is 6.20 Å². The lowest BCUT2D eigenvalue weighted by Crippen LogP contribution is -1.87. The standard InChI is InChI=1S/C22H17N/c1-16-9-11-17(12-10-16)19-13-14-23-22(15-19)21-8-4-6-18-5-2-3-7-20(18)21/h2-15H,1H3. The van der Waals surface area contributed by atoms with Crippen molar-refractivity contribution in [2.75, 3.05) is 0 Å². The minimum absolute atomic E-state index is 1.01. The van der Waals surface area contributed by atoms with Crippen LogP contribution in [0.3, 0.4) is 0 Å². The fourth-order valence-electron chi connectivity index (χ4n) is 2.95. The molecule has 0 atom stereocenters. The third-order valence-electron chi connectivity index (χ3n) is 4.21. The molecule has 1 nitrogen and oxygen atoms in total. The second-order valence-corrected chi connectivity index (χ2v) is 5.82. The van der Waals surface area contributed by atoms with Gasteiger partial charge in [-0.05, 0) is 41.0 Å². The molecule has 1 aromatic heterocycles. The Labute approximate surface area is 136 Å². The number of fused-ring (bicyclic) bond motifs is 1. The van der Waals surface area contributed by atoms with E-state index in [0.717, 1.165) is 5.69 Å². The summed E-state index contributed by atoms with van der Waals surface area (Å²) in [6.45, 7) is 2.11. The van der Waals surface area contributed by atoms with Gasteiger partial charge in [0, 0.05) is 11.8 Å². The highest BCUT2D eigenvalue weighted by Crippen LogP contribution is 2.30. The van der Waals surface area contributed by atoms with Gasteiger partial charge in [-0.1, -0.05) is 72.3 Å². The van der Waals surface area contributed by atoms with Crippen LogP contribution >= 0.6 is 0 Å². The van der Waals surface area contributed by atoms with Crippen LogP contribution in [0.15, 0.2) is 85.1 Å². The van der Waals surface area contributed by atoms with Gasteiger partial charge in [-0.2, -0.15) is 0 Å². The van der Waals surface area contributed by atoms with Crippen LogP contribution in [0.5, 0.6) is 0 Å². The number of pyridine rings is 1. The summed E-state index contributed by atoms with van der Waals surface area (Å²) in [6, 6.07) is 27.7. The van der Waals surface area contributed by atoms with E-state index in [0.29, 0.717) is 0 Å². The monoisotopic (exact) mass is 295 g/mol. The third-order valence-corrected chi connectivity index (χ3v) is 4.21. The van der Waals surface area contributed by atoms with Crippen molar-refractivity contribution in [1.29, 1.82) is 0 Å². The first-order chi connectivity index (χ1) is 11.3. The Morgan fingerprint density at radius 3 is 2.35 bits per heavy atom. The van der Waals surface area contributed by atoms with Crippen molar-refractivity contribution in [3.8, 4) is 22.4 Å². The Kier molecular flexibility index (Phi) is 3.39. The molecular weight excluding hydrogens is 278 g/mol. The number of hydrogen-bond donors (Lipinski definition) is 0. The number of nitrogens with zero attached hydrogens (tertiary/aromatic N) is 1. The molecule has 4 rings (SSSR count). The maximum absolute atomic E-state index is 4.60. The summed E-state index contributed by atoms with van der Waals surface area (Å²) in [5.74, 6) is 0. The van der Waals surface area contributed by atoms with E-state index in [2.05, 4.69) is 90.8 Å². The lowest BCUT2D eigenvalue weighted by atomic mass is 9.99. The van der Waals surface area contributed by atoms with Crippen molar-refractivity contribution in [3.05, 3.63) is 90.6 Å². The molecule has 0 radical (unpaired) electrons. The lowest BCUT2D eigenvalue weighted by molar-refractivity contribution is 1.33. The van der Waals surface area contributed by atoms with Gasteiger partial charge in [-0.25, -0.2) is 0 Å². The first-order valence-corrected chi connectivity index (χ1v) is 7.82. The van der Waals surface area contributed by atoms with Gasteiger partial charge in [0.1, 0.15) is 0 Å². The molecule has 3 aromatic carbocycles. The summed E-state index contributed by atoms with van der Waals surface area (Å²) < 4.78 is 0. The predicted octanol–water partition coefficient (Wildman–Crippen LogP) is 5.88. The van der Waals surface area contributed by atoms with Crippen LogP contribution < -0.4 is 0 Å². The van der Waals surface area contributed by atoms with E-state index < -0.39 is 0 Å². The number of rotatable bonds is 2. The third kappa shape index (κ3) is 2.62. The lowest BCUT2D eigenvalue weighted by Gasteiger charge is -2.08. The molecule has 0 unspecified atom stereocenters. The van der Waals surface area contributed by atoms with Gasteiger partial charge >= 0.3 is 0 Å². The zero-order chi connectivity index (χ0) is 15.6. The van der Waals surface area contributed by atoms with E-state index in [1.165, 1.54) is 33.0 Å². The molecule has 1 heterocycles. The Morgan fingerprint density at radius 1 is 0.696 bits per heavy atom. The van der Waals surface area contributed by atoms with Crippen molar-refractivity contribution in [3.63, 3.8) is 0 Å². The van der Waals surface area contributed by atoms with Crippen LogP contribution in [0.25, 0.3) is 33.2 Å². The van der Waals surface area contributed by atoms with Crippen LogP contribution in [-0.4, -0.2) is 4.98 Å². The molecule has 4 aromatic rings. The Balaban J connectivity index is 1.86. The zero-order valence-corrected chi connectivity index (χ0v) is 13.0. The first-order valence-electron chi connectivity index (χ1n) is 7.82. The normalized spacial score (nSPS) is 10.8. The molecule has 0 aliphatic heterocycles. The minimum Gasteiger partial charge on any atom is -0.256 e. The molecule has 0 saturated heterocycles. The smallest absolute Gasteiger partial charge is 0.0714 e. The molecule has 0 N–H and O–H groups in total. The molecule has 1 heteroatoms. The molecule has 0 aliphatic carbocycles. The van der Waals surface area contributed by atoms with Crippen molar-refractivity contribution < 1.29 is 0 Å². The first kappa shape index (κ1) is 13.7. The summed E-state index contributed by atoms with van der Waals surface area (Å²) in [5, 5.41) is 2.48. The molecule has 0 aliphatic rings. The van der Waals surface area contributed by atoms with E-state index in [4.69, 9.17) is 0 Å². The summed E-state index contributed by atoms with van der Waals surface area (Å²) in [6.07, 6.45) is 1.90. The molecule has 0 bridgehead atoms. The van der Waals surface area contributed by atoms with Gasteiger partial charge in [-0.3, -0.25) is 4.98 Å². The van der Waals surface area contributed by atoms with E-state index in [9.17, 15) is 0 Å². The fourth-order valence-corrected chi connectivity index (χ4v) is 2.95. The summed E-state index contributed by atoms with van der Waals surface area (Å²) >= 11 is 0. The molecule has 110 valence electrons. The molecular formula is C22H17N. The van der Waals surface area contributed by atoms with Gasteiger partial charge in [0.15, 0.2) is 0 Å². The van der Waals surface area contributed by atoms with Gasteiger partial charge in [0.2, 0.25) is 0 Å².